The van der Waals surface area contributed by atoms with Crippen molar-refractivity contribution < 1.29 is 16.8 Å². The van der Waals surface area contributed by atoms with Gasteiger partial charge in [0.1, 0.15) is 0 Å². The molecule has 0 N–H and O–H groups in total. The van der Waals surface area contributed by atoms with E-state index in [2.05, 4.69) is 0 Å². The van der Waals surface area contributed by atoms with E-state index >= 15 is 0 Å². The van der Waals surface area contributed by atoms with Crippen molar-refractivity contribution in [1.82, 2.24) is 4.31 Å². The van der Waals surface area contributed by atoms with Crippen LogP contribution in [0.4, 0.5) is 0 Å². The second kappa shape index (κ2) is 7.45. The van der Waals surface area contributed by atoms with Crippen LogP contribution in [0.5, 0.6) is 0 Å². The van der Waals surface area contributed by atoms with Crippen molar-refractivity contribution in [3.63, 3.8) is 0 Å². The van der Waals surface area contributed by atoms with Gasteiger partial charge in [0.15, 0.2) is 0 Å². The van der Waals surface area contributed by atoms with Crippen LogP contribution in [0.25, 0.3) is 0 Å². The van der Waals surface area contributed by atoms with Crippen molar-refractivity contribution in [3.8, 4) is 0 Å². The number of benzene rings is 2. The number of sulfonamides is 1. The first-order valence-corrected chi connectivity index (χ1v) is 11.1. The maximum absolute atomic E-state index is 12.8. The first-order chi connectivity index (χ1) is 11.6. The predicted molar refractivity (Wildman–Crippen MR) is 98.2 cm³/mol. The molecule has 0 atom stereocenters. The number of nitrogens with zero attached hydrogens (tertiary/aromatic N) is 1. The quantitative estimate of drug-likeness (QED) is 0.742. The molecule has 0 heterocycles. The van der Waals surface area contributed by atoms with Crippen LogP contribution in [0.1, 0.15) is 19.4 Å². The first kappa shape index (κ1) is 19.9. The summed E-state index contributed by atoms with van der Waals surface area (Å²) >= 11 is 5.80. The molecule has 0 aliphatic heterocycles. The van der Waals surface area contributed by atoms with Gasteiger partial charge in [-0.1, -0.05) is 31.5 Å². The number of sulfone groups is 1. The normalized spacial score (nSPS) is 12.5. The second-order valence-corrected chi connectivity index (χ2v) is 9.77. The van der Waals surface area contributed by atoms with Gasteiger partial charge in [-0.05, 0) is 48.9 Å². The smallest absolute Gasteiger partial charge is 0.219 e. The van der Waals surface area contributed by atoms with Gasteiger partial charge in [0.2, 0.25) is 19.9 Å². The minimum absolute atomic E-state index is 0.00578. The van der Waals surface area contributed by atoms with Gasteiger partial charge in [0.25, 0.3) is 0 Å². The third-order valence-electron chi connectivity index (χ3n) is 3.92. The van der Waals surface area contributed by atoms with Crippen molar-refractivity contribution in [2.75, 3.05) is 13.1 Å². The molecule has 0 radical (unpaired) electrons. The molecule has 0 saturated carbocycles. The van der Waals surface area contributed by atoms with Gasteiger partial charge in [-0.15, -0.1) is 0 Å². The number of hydrogen-bond acceptors (Lipinski definition) is 4. The summed E-state index contributed by atoms with van der Waals surface area (Å²) in [6.07, 6.45) is 0. The summed E-state index contributed by atoms with van der Waals surface area (Å²) in [5.41, 5.74) is 0.502. The van der Waals surface area contributed by atoms with Gasteiger partial charge in [-0.3, -0.25) is 0 Å². The monoisotopic (exact) mass is 401 g/mol. The molecule has 25 heavy (non-hydrogen) atoms. The van der Waals surface area contributed by atoms with Gasteiger partial charge in [0.05, 0.1) is 14.7 Å². The lowest BCUT2D eigenvalue weighted by Gasteiger charge is -2.20. The Morgan fingerprint density at radius 1 is 0.880 bits per heavy atom. The summed E-state index contributed by atoms with van der Waals surface area (Å²) in [5.74, 6) is 0. The van der Waals surface area contributed by atoms with E-state index in [1.54, 1.807) is 20.8 Å². The van der Waals surface area contributed by atoms with Crippen molar-refractivity contribution in [3.05, 3.63) is 53.1 Å². The van der Waals surface area contributed by atoms with Crippen LogP contribution < -0.4 is 0 Å². The van der Waals surface area contributed by atoms with E-state index in [4.69, 9.17) is 11.6 Å². The van der Waals surface area contributed by atoms with E-state index in [-0.39, 0.29) is 14.7 Å². The highest BCUT2D eigenvalue weighted by molar-refractivity contribution is 7.91. The lowest BCUT2D eigenvalue weighted by molar-refractivity contribution is 0.444. The molecule has 0 fully saturated rings. The van der Waals surface area contributed by atoms with Crippen LogP contribution in [-0.4, -0.2) is 34.2 Å². The van der Waals surface area contributed by atoms with E-state index in [0.717, 1.165) is 0 Å². The number of rotatable bonds is 6. The lowest BCUT2D eigenvalue weighted by atomic mass is 10.2. The zero-order chi connectivity index (χ0) is 18.8. The Bertz CT molecular complexity index is 964. The average Bonchev–Trinajstić information content (AvgIpc) is 2.56. The van der Waals surface area contributed by atoms with Gasteiger partial charge in [0, 0.05) is 18.1 Å². The fraction of sp³-hybridized carbons (Fsp3) is 0.294. The Hall–Kier alpha value is -1.41. The summed E-state index contributed by atoms with van der Waals surface area (Å²) in [5, 5.41) is 0.424. The molecule has 5 nitrogen and oxygen atoms in total. The fourth-order valence-corrected chi connectivity index (χ4v) is 5.67. The Labute approximate surface area is 154 Å². The Kier molecular flexibility index (Phi) is 5.93. The molecule has 0 amide bonds. The summed E-state index contributed by atoms with van der Waals surface area (Å²) in [7, 11) is -7.59. The lowest BCUT2D eigenvalue weighted by Crippen LogP contribution is -2.31. The summed E-state index contributed by atoms with van der Waals surface area (Å²) < 4.78 is 52.5. The molecule has 2 aromatic carbocycles. The highest BCUT2D eigenvalue weighted by Crippen LogP contribution is 2.27. The maximum Gasteiger partial charge on any atom is 0.243 e. The van der Waals surface area contributed by atoms with Gasteiger partial charge < -0.3 is 0 Å². The fourth-order valence-electron chi connectivity index (χ4n) is 2.48. The van der Waals surface area contributed by atoms with Gasteiger partial charge in [-0.2, -0.15) is 4.31 Å². The molecular formula is C17H20ClNO4S2. The SMILES string of the molecule is CCN(CC)S(=O)(=O)c1cc(S(=O)(=O)c2ccc(Cl)cc2)ccc1C. The second-order valence-electron chi connectivity index (χ2n) is 5.47. The van der Waals surface area contributed by atoms with Crippen molar-refractivity contribution in [2.45, 2.75) is 35.5 Å². The Morgan fingerprint density at radius 2 is 1.40 bits per heavy atom. The third-order valence-corrected chi connectivity index (χ3v) is 8.13. The molecule has 0 bridgehead atoms. The number of halogens is 1. The molecule has 0 unspecified atom stereocenters. The van der Waals surface area contributed by atoms with Gasteiger partial charge in [-0.25, -0.2) is 16.8 Å². The Morgan fingerprint density at radius 3 is 1.92 bits per heavy atom. The van der Waals surface area contributed by atoms with Crippen LogP contribution in [0.3, 0.4) is 0 Å². The highest BCUT2D eigenvalue weighted by Gasteiger charge is 2.26. The average molecular weight is 402 g/mol. The number of aryl methyl sites for hydroxylation is 1. The predicted octanol–water partition coefficient (Wildman–Crippen LogP) is 3.51. The number of hydrogen-bond donors (Lipinski definition) is 0. The van der Waals surface area contributed by atoms with E-state index in [1.165, 1.54) is 46.8 Å². The van der Waals surface area contributed by atoms with E-state index in [1.807, 2.05) is 0 Å². The van der Waals surface area contributed by atoms with Crippen molar-refractivity contribution in [2.24, 2.45) is 0 Å². The first-order valence-electron chi connectivity index (χ1n) is 7.76. The van der Waals surface area contributed by atoms with Crippen LogP contribution in [0.15, 0.2) is 57.2 Å². The van der Waals surface area contributed by atoms with Crippen LogP contribution >= 0.6 is 11.6 Å². The standard InChI is InChI=1S/C17H20ClNO4S2/c1-4-19(5-2)25(22,23)17-12-16(9-6-13(17)3)24(20,21)15-10-7-14(18)8-11-15/h6-12H,4-5H2,1-3H3. The molecule has 2 aromatic rings. The molecule has 2 rings (SSSR count). The molecule has 8 heteroatoms. The third kappa shape index (κ3) is 3.89. The van der Waals surface area contributed by atoms with E-state index in [9.17, 15) is 16.8 Å². The zero-order valence-electron chi connectivity index (χ0n) is 14.2. The van der Waals surface area contributed by atoms with Crippen molar-refractivity contribution >= 4 is 31.5 Å². The minimum Gasteiger partial charge on any atom is -0.219 e. The zero-order valence-corrected chi connectivity index (χ0v) is 16.6. The minimum atomic E-state index is -3.84. The maximum atomic E-state index is 12.8. The van der Waals surface area contributed by atoms with Crippen LogP contribution in [0.2, 0.25) is 5.02 Å². The molecule has 0 spiro atoms. The molecule has 0 aromatic heterocycles. The van der Waals surface area contributed by atoms with Gasteiger partial charge >= 0.3 is 0 Å². The van der Waals surface area contributed by atoms with Crippen molar-refractivity contribution in [1.29, 1.82) is 0 Å². The molecule has 136 valence electrons. The Balaban J connectivity index is 2.61. The summed E-state index contributed by atoms with van der Waals surface area (Å²) in [6, 6.07) is 9.92. The summed E-state index contributed by atoms with van der Waals surface area (Å²) in [6.45, 7) is 5.75. The molecule has 0 aliphatic carbocycles. The largest absolute Gasteiger partial charge is 0.243 e. The summed E-state index contributed by atoms with van der Waals surface area (Å²) in [4.78, 5) is 0.00401. The topological polar surface area (TPSA) is 71.5 Å². The van der Waals surface area contributed by atoms with E-state index < -0.39 is 19.9 Å². The van der Waals surface area contributed by atoms with Crippen LogP contribution in [-0.2, 0) is 19.9 Å². The van der Waals surface area contributed by atoms with Crippen LogP contribution in [0, 0.1) is 6.92 Å². The molecular weight excluding hydrogens is 382 g/mol. The highest BCUT2D eigenvalue weighted by atomic mass is 35.5. The van der Waals surface area contributed by atoms with E-state index in [0.29, 0.717) is 23.7 Å². The molecule has 0 aliphatic rings. The molecule has 0 saturated heterocycles.